The van der Waals surface area contributed by atoms with Gasteiger partial charge in [0, 0.05) is 63.8 Å². The number of aryl methyl sites for hydroxylation is 1. The summed E-state index contributed by atoms with van der Waals surface area (Å²) in [5.74, 6) is -0.625. The number of imidazole rings is 1. The van der Waals surface area contributed by atoms with Crippen LogP contribution in [0.15, 0.2) is 23.0 Å². The summed E-state index contributed by atoms with van der Waals surface area (Å²) in [5.41, 5.74) is 2.05. The molecule has 10 nitrogen and oxygen atoms in total. The molecular formula is C27H39N7O3. The Labute approximate surface area is 217 Å². The number of likely N-dealkylation sites (tertiary alicyclic amines) is 1. The van der Waals surface area contributed by atoms with E-state index in [1.54, 1.807) is 11.6 Å². The van der Waals surface area contributed by atoms with Crippen molar-refractivity contribution in [2.45, 2.75) is 57.0 Å². The molecule has 5 heterocycles. The number of carbonyl (C=O) groups excluding carboxylic acids is 2. The number of piperidine rings is 3. The first-order chi connectivity index (χ1) is 18.0. The number of nitrogens with zero attached hydrogens (tertiary/aromatic N) is 6. The van der Waals surface area contributed by atoms with E-state index in [-0.39, 0.29) is 30.3 Å². The van der Waals surface area contributed by atoms with Crippen LogP contribution in [0.2, 0.25) is 0 Å². The first kappa shape index (κ1) is 24.6. The van der Waals surface area contributed by atoms with E-state index >= 15 is 0 Å². The maximum Gasteiger partial charge on any atom is 0.348 e. The molecular weight excluding hydrogens is 470 g/mol. The van der Waals surface area contributed by atoms with E-state index in [2.05, 4.69) is 20.0 Å². The topological polar surface area (TPSA) is 86.1 Å². The number of anilines is 1. The van der Waals surface area contributed by atoms with Crippen LogP contribution in [0.3, 0.4) is 0 Å². The molecule has 37 heavy (non-hydrogen) atoms. The monoisotopic (exact) mass is 509 g/mol. The minimum absolute atomic E-state index is 0.286. The highest BCUT2D eigenvalue weighted by Gasteiger charge is 2.33. The molecule has 0 atom stereocenters. The summed E-state index contributed by atoms with van der Waals surface area (Å²) in [5, 5.41) is 4.53. The molecule has 1 aromatic heterocycles. The second-order valence-corrected chi connectivity index (χ2v) is 11.1. The van der Waals surface area contributed by atoms with E-state index in [0.29, 0.717) is 18.0 Å². The fourth-order valence-corrected chi connectivity index (χ4v) is 6.80. The van der Waals surface area contributed by atoms with Gasteiger partial charge in [0.15, 0.2) is 0 Å². The van der Waals surface area contributed by atoms with Gasteiger partial charge in [-0.2, -0.15) is 9.69 Å². The summed E-state index contributed by atoms with van der Waals surface area (Å²) >= 11 is 0. The smallest absolute Gasteiger partial charge is 0.348 e. The van der Waals surface area contributed by atoms with Crippen LogP contribution < -0.4 is 20.9 Å². The van der Waals surface area contributed by atoms with Gasteiger partial charge in [0.25, 0.3) is 0 Å². The van der Waals surface area contributed by atoms with Crippen molar-refractivity contribution in [1.29, 1.82) is 0 Å². The van der Waals surface area contributed by atoms with E-state index in [1.807, 2.05) is 18.2 Å². The minimum Gasteiger partial charge on any atom is -0.369 e. The normalized spacial score (nSPS) is 23.9. The number of piperazine rings is 1. The predicted octanol–water partition coefficient (Wildman–Crippen LogP) is 0.854. The molecule has 2 amide bonds. The molecule has 10 heteroatoms. The number of fused-ring (bicyclic) bond motifs is 1. The van der Waals surface area contributed by atoms with Gasteiger partial charge >= 0.3 is 5.69 Å². The van der Waals surface area contributed by atoms with Gasteiger partial charge in [-0.25, -0.2) is 4.79 Å². The van der Waals surface area contributed by atoms with E-state index in [9.17, 15) is 14.4 Å². The van der Waals surface area contributed by atoms with Crippen LogP contribution in [0, 0.1) is 0 Å². The number of amides is 2. The summed E-state index contributed by atoms with van der Waals surface area (Å²) in [6.07, 6.45) is 6.21. The Morgan fingerprint density at radius 1 is 0.757 bits per heavy atom. The highest BCUT2D eigenvalue weighted by atomic mass is 16.2. The third-order valence-corrected chi connectivity index (χ3v) is 8.99. The average molecular weight is 510 g/mol. The van der Waals surface area contributed by atoms with Crippen molar-refractivity contribution in [1.82, 2.24) is 24.4 Å². The number of aromatic nitrogens is 2. The lowest BCUT2D eigenvalue weighted by molar-refractivity contribution is -0.131. The molecule has 0 unspecified atom stereocenters. The molecule has 4 fully saturated rings. The molecule has 200 valence electrons. The van der Waals surface area contributed by atoms with Crippen LogP contribution in [-0.4, -0.2) is 95.3 Å². The standard InChI is InChI=1S/C27H39N7O3/c1-29-24-19-22(5-6-23(24)33(27(29)37)34-25(35)3-2-4-26(34)36)32-17-15-31(16-18-32)21-9-13-30(14-10-21)20-7-11-28-12-8-20/h5-6,19-21,28H,2-4,7-18H2,1H3. The largest absolute Gasteiger partial charge is 0.369 e. The van der Waals surface area contributed by atoms with Crippen LogP contribution in [-0.2, 0) is 16.6 Å². The molecule has 0 saturated carbocycles. The Balaban J connectivity index is 1.11. The average Bonchev–Trinajstić information content (AvgIpc) is 3.18. The molecule has 4 aliphatic rings. The maximum atomic E-state index is 13.1. The van der Waals surface area contributed by atoms with Crippen molar-refractivity contribution in [3.63, 3.8) is 0 Å². The molecule has 0 bridgehead atoms. The van der Waals surface area contributed by atoms with Gasteiger partial charge in [-0.05, 0) is 76.5 Å². The summed E-state index contributed by atoms with van der Waals surface area (Å²) in [4.78, 5) is 45.9. The van der Waals surface area contributed by atoms with Crippen molar-refractivity contribution < 1.29 is 9.59 Å². The quantitative estimate of drug-likeness (QED) is 0.612. The van der Waals surface area contributed by atoms with Crippen molar-refractivity contribution >= 4 is 28.5 Å². The predicted molar refractivity (Wildman–Crippen MR) is 144 cm³/mol. The Hall–Kier alpha value is -2.69. The Bertz CT molecular complexity index is 1200. The van der Waals surface area contributed by atoms with Gasteiger partial charge in [-0.1, -0.05) is 0 Å². The zero-order valence-corrected chi connectivity index (χ0v) is 21.9. The second-order valence-electron chi connectivity index (χ2n) is 11.1. The number of nitrogens with one attached hydrogen (secondary N) is 1. The molecule has 1 N–H and O–H groups in total. The van der Waals surface area contributed by atoms with E-state index in [0.717, 1.165) is 61.5 Å². The fraction of sp³-hybridized carbons (Fsp3) is 0.667. The van der Waals surface area contributed by atoms with Gasteiger partial charge in [0.1, 0.15) is 0 Å². The number of carbonyl (C=O) groups is 2. The first-order valence-corrected chi connectivity index (χ1v) is 14.0. The van der Waals surface area contributed by atoms with Crippen LogP contribution >= 0.6 is 0 Å². The molecule has 6 rings (SSSR count). The summed E-state index contributed by atoms with van der Waals surface area (Å²) in [6, 6.07) is 7.37. The van der Waals surface area contributed by atoms with Crippen LogP contribution in [0.1, 0.15) is 44.9 Å². The number of hydrogen-bond acceptors (Lipinski definition) is 7. The third-order valence-electron chi connectivity index (χ3n) is 8.99. The molecule has 4 aliphatic heterocycles. The molecule has 2 aromatic rings. The molecule has 1 aromatic carbocycles. The van der Waals surface area contributed by atoms with Crippen molar-refractivity contribution in [2.24, 2.45) is 7.05 Å². The van der Waals surface area contributed by atoms with Crippen molar-refractivity contribution in [3.8, 4) is 0 Å². The number of benzene rings is 1. The lowest BCUT2D eigenvalue weighted by Crippen LogP contribution is -2.55. The third kappa shape index (κ3) is 4.59. The summed E-state index contributed by atoms with van der Waals surface area (Å²) in [7, 11) is 1.71. The zero-order chi connectivity index (χ0) is 25.5. The van der Waals surface area contributed by atoms with Gasteiger partial charge in [-0.3, -0.25) is 19.1 Å². The van der Waals surface area contributed by atoms with Crippen LogP contribution in [0.5, 0.6) is 0 Å². The molecule has 4 saturated heterocycles. The van der Waals surface area contributed by atoms with Gasteiger partial charge in [0.05, 0.1) is 11.0 Å². The summed E-state index contributed by atoms with van der Waals surface area (Å²) < 4.78 is 2.80. The minimum atomic E-state index is -0.364. The van der Waals surface area contributed by atoms with E-state index < -0.39 is 0 Å². The SMILES string of the molecule is Cn1c(=O)n(N2C(=O)CCCC2=O)c2ccc(N3CCN(C4CCN(C5CCNCC5)CC4)CC3)cc21. The molecule has 0 radical (unpaired) electrons. The summed E-state index contributed by atoms with van der Waals surface area (Å²) in [6.45, 7) is 8.77. The Morgan fingerprint density at radius 2 is 1.38 bits per heavy atom. The number of hydrogen-bond donors (Lipinski definition) is 1. The number of rotatable bonds is 4. The highest BCUT2D eigenvalue weighted by molar-refractivity contribution is 6.11. The van der Waals surface area contributed by atoms with Crippen LogP contribution in [0.25, 0.3) is 11.0 Å². The zero-order valence-electron chi connectivity index (χ0n) is 21.9. The highest BCUT2D eigenvalue weighted by Crippen LogP contribution is 2.26. The maximum absolute atomic E-state index is 13.1. The fourth-order valence-electron chi connectivity index (χ4n) is 6.80. The van der Waals surface area contributed by atoms with Gasteiger partial charge < -0.3 is 15.1 Å². The van der Waals surface area contributed by atoms with Crippen LogP contribution in [0.4, 0.5) is 5.69 Å². The first-order valence-electron chi connectivity index (χ1n) is 14.0. The van der Waals surface area contributed by atoms with Gasteiger partial charge in [0.2, 0.25) is 11.8 Å². The Morgan fingerprint density at radius 3 is 2.05 bits per heavy atom. The second kappa shape index (κ2) is 10.2. The van der Waals surface area contributed by atoms with Gasteiger partial charge in [-0.15, -0.1) is 0 Å². The lowest BCUT2D eigenvalue weighted by Gasteiger charge is -2.45. The van der Waals surface area contributed by atoms with Crippen molar-refractivity contribution in [2.75, 3.05) is 62.3 Å². The molecule has 0 spiro atoms. The number of imide groups is 1. The van der Waals surface area contributed by atoms with Crippen molar-refractivity contribution in [3.05, 3.63) is 28.7 Å². The van der Waals surface area contributed by atoms with E-state index in [4.69, 9.17) is 0 Å². The molecule has 0 aliphatic carbocycles. The van der Waals surface area contributed by atoms with E-state index in [1.165, 1.54) is 43.4 Å². The Kier molecular flexibility index (Phi) is 6.81. The lowest BCUT2D eigenvalue weighted by atomic mass is 9.97.